The first-order valence-corrected chi connectivity index (χ1v) is 5.60. The molecule has 1 aromatic heterocycles. The summed E-state index contributed by atoms with van der Waals surface area (Å²) >= 11 is 0. The molecule has 2 aromatic rings. The average Bonchev–Trinajstić information content (AvgIpc) is 2.85. The van der Waals surface area contributed by atoms with Gasteiger partial charge in [-0.1, -0.05) is 0 Å². The van der Waals surface area contributed by atoms with Gasteiger partial charge in [-0.05, 0) is 12.1 Å². The number of benzene rings is 1. The van der Waals surface area contributed by atoms with Crippen LogP contribution in [-0.4, -0.2) is 27.2 Å². The molecule has 19 heavy (non-hydrogen) atoms. The largest absolute Gasteiger partial charge is 0.478 e. The van der Waals surface area contributed by atoms with Crippen molar-refractivity contribution in [2.45, 2.75) is 6.54 Å². The molecule has 0 fully saturated rings. The van der Waals surface area contributed by atoms with Crippen LogP contribution in [0.4, 0.5) is 15.8 Å². The lowest BCUT2D eigenvalue weighted by molar-refractivity contribution is 0.0692. The van der Waals surface area contributed by atoms with E-state index in [0.29, 0.717) is 18.8 Å². The number of halogens is 1. The molecule has 2 rings (SSSR count). The highest BCUT2D eigenvalue weighted by atomic mass is 19.1. The molecule has 1 aromatic carbocycles. The van der Waals surface area contributed by atoms with Gasteiger partial charge in [0, 0.05) is 25.5 Å². The lowest BCUT2D eigenvalue weighted by Crippen LogP contribution is -2.12. The third-order valence-electron chi connectivity index (χ3n) is 2.61. The number of nitrogen functional groups attached to an aromatic ring is 1. The van der Waals surface area contributed by atoms with Crippen LogP contribution in [0.3, 0.4) is 0 Å². The molecule has 100 valence electrons. The molecule has 0 aliphatic heterocycles. The lowest BCUT2D eigenvalue weighted by atomic mass is 10.1. The molecule has 0 spiro atoms. The number of imidazole rings is 1. The molecule has 4 N–H and O–H groups in total. The first-order chi connectivity index (χ1) is 9.08. The summed E-state index contributed by atoms with van der Waals surface area (Å²) in [7, 11) is 0. The van der Waals surface area contributed by atoms with Gasteiger partial charge in [-0.25, -0.2) is 14.2 Å². The van der Waals surface area contributed by atoms with Crippen LogP contribution in [0.5, 0.6) is 0 Å². The van der Waals surface area contributed by atoms with Crippen molar-refractivity contribution in [2.24, 2.45) is 0 Å². The average molecular weight is 264 g/mol. The van der Waals surface area contributed by atoms with E-state index >= 15 is 0 Å². The molecule has 6 nitrogen and oxygen atoms in total. The van der Waals surface area contributed by atoms with Crippen molar-refractivity contribution < 1.29 is 14.3 Å². The lowest BCUT2D eigenvalue weighted by Gasteiger charge is -2.11. The fourth-order valence-corrected chi connectivity index (χ4v) is 1.65. The maximum atomic E-state index is 13.5. The summed E-state index contributed by atoms with van der Waals surface area (Å²) in [6, 6.07) is 2.20. The van der Waals surface area contributed by atoms with Gasteiger partial charge in [0.1, 0.15) is 5.82 Å². The van der Waals surface area contributed by atoms with Gasteiger partial charge in [0.25, 0.3) is 0 Å². The smallest absolute Gasteiger partial charge is 0.338 e. The van der Waals surface area contributed by atoms with Gasteiger partial charge in [-0.15, -0.1) is 0 Å². The normalized spacial score (nSPS) is 10.4. The van der Waals surface area contributed by atoms with Crippen LogP contribution in [0.2, 0.25) is 0 Å². The number of carboxylic acids is 1. The van der Waals surface area contributed by atoms with Gasteiger partial charge in [-0.2, -0.15) is 0 Å². The number of anilines is 2. The van der Waals surface area contributed by atoms with Crippen molar-refractivity contribution in [3.63, 3.8) is 0 Å². The van der Waals surface area contributed by atoms with Crippen LogP contribution in [0.15, 0.2) is 30.9 Å². The van der Waals surface area contributed by atoms with E-state index in [1.165, 1.54) is 0 Å². The zero-order chi connectivity index (χ0) is 13.8. The second kappa shape index (κ2) is 5.38. The minimum atomic E-state index is -1.34. The maximum Gasteiger partial charge on any atom is 0.338 e. The Morgan fingerprint density at radius 2 is 2.32 bits per heavy atom. The highest BCUT2D eigenvalue weighted by molar-refractivity contribution is 5.90. The molecule has 0 aliphatic rings. The van der Waals surface area contributed by atoms with Crippen LogP contribution >= 0.6 is 0 Å². The number of hydrogen-bond acceptors (Lipinski definition) is 4. The zero-order valence-corrected chi connectivity index (χ0v) is 10.0. The van der Waals surface area contributed by atoms with Crippen molar-refractivity contribution in [3.05, 3.63) is 42.2 Å². The van der Waals surface area contributed by atoms with Gasteiger partial charge < -0.3 is 20.7 Å². The van der Waals surface area contributed by atoms with Crippen LogP contribution in [-0.2, 0) is 6.54 Å². The number of carboxylic acid groups (broad SMARTS) is 1. The van der Waals surface area contributed by atoms with E-state index in [1.54, 1.807) is 18.7 Å². The Balaban J connectivity index is 2.04. The van der Waals surface area contributed by atoms with Crippen molar-refractivity contribution >= 4 is 17.3 Å². The number of hydrogen-bond donors (Lipinski definition) is 3. The molecule has 0 unspecified atom stereocenters. The van der Waals surface area contributed by atoms with E-state index in [1.807, 2.05) is 4.57 Å². The molecular weight excluding hydrogens is 251 g/mol. The third kappa shape index (κ3) is 3.01. The molecule has 7 heteroatoms. The van der Waals surface area contributed by atoms with E-state index in [-0.39, 0.29) is 5.69 Å². The standard InChI is InChI=1S/C12H13FN4O2/c13-9-6-11(10(14)5-8(9)12(18)19)16-2-4-17-3-1-15-7-17/h1,3,5-7,16H,2,4,14H2,(H,18,19). The summed E-state index contributed by atoms with van der Waals surface area (Å²) in [5, 5.41) is 11.7. The van der Waals surface area contributed by atoms with E-state index in [9.17, 15) is 9.18 Å². The predicted molar refractivity (Wildman–Crippen MR) is 68.5 cm³/mol. The topological polar surface area (TPSA) is 93.2 Å². The van der Waals surface area contributed by atoms with Gasteiger partial charge in [0.05, 0.1) is 23.3 Å². The predicted octanol–water partition coefficient (Wildman–Crippen LogP) is 1.41. The van der Waals surface area contributed by atoms with Crippen LogP contribution in [0.1, 0.15) is 10.4 Å². The summed E-state index contributed by atoms with van der Waals surface area (Å²) in [5.74, 6) is -2.15. The Hall–Kier alpha value is -2.57. The van der Waals surface area contributed by atoms with Crippen molar-refractivity contribution in [1.82, 2.24) is 9.55 Å². The summed E-state index contributed by atoms with van der Waals surface area (Å²) in [5.41, 5.74) is 5.82. The van der Waals surface area contributed by atoms with E-state index in [0.717, 1.165) is 12.1 Å². The molecule has 0 radical (unpaired) electrons. The third-order valence-corrected chi connectivity index (χ3v) is 2.61. The fourth-order valence-electron chi connectivity index (χ4n) is 1.65. The highest BCUT2D eigenvalue weighted by Gasteiger charge is 2.13. The van der Waals surface area contributed by atoms with Crippen molar-refractivity contribution in [3.8, 4) is 0 Å². The number of nitrogens with one attached hydrogen (secondary N) is 1. The minimum absolute atomic E-state index is 0.199. The molecule has 0 amide bonds. The second-order valence-electron chi connectivity index (χ2n) is 3.95. The Labute approximate surface area is 108 Å². The molecule has 0 bridgehead atoms. The number of carbonyl (C=O) groups is 1. The first-order valence-electron chi connectivity index (χ1n) is 5.60. The van der Waals surface area contributed by atoms with Crippen LogP contribution < -0.4 is 11.1 Å². The van der Waals surface area contributed by atoms with E-state index < -0.39 is 17.3 Å². The Kier molecular flexibility index (Phi) is 3.65. The minimum Gasteiger partial charge on any atom is -0.478 e. The molecular formula is C12H13FN4O2. The molecule has 0 saturated heterocycles. The first kappa shape index (κ1) is 12.9. The van der Waals surface area contributed by atoms with Gasteiger partial charge >= 0.3 is 5.97 Å². The van der Waals surface area contributed by atoms with E-state index in [2.05, 4.69) is 10.3 Å². The number of aromatic carboxylic acids is 1. The molecule has 1 heterocycles. The van der Waals surface area contributed by atoms with Gasteiger partial charge in [0.2, 0.25) is 0 Å². The Morgan fingerprint density at radius 1 is 1.53 bits per heavy atom. The summed E-state index contributed by atoms with van der Waals surface area (Å²) in [6.45, 7) is 1.16. The van der Waals surface area contributed by atoms with Gasteiger partial charge in [-0.3, -0.25) is 0 Å². The van der Waals surface area contributed by atoms with Crippen LogP contribution in [0.25, 0.3) is 0 Å². The highest BCUT2D eigenvalue weighted by Crippen LogP contribution is 2.22. The molecule has 0 saturated carbocycles. The summed E-state index contributed by atoms with van der Waals surface area (Å²) < 4.78 is 15.3. The Morgan fingerprint density at radius 3 is 2.95 bits per heavy atom. The van der Waals surface area contributed by atoms with Crippen molar-refractivity contribution in [1.29, 1.82) is 0 Å². The monoisotopic (exact) mass is 264 g/mol. The molecule has 0 atom stereocenters. The summed E-state index contributed by atoms with van der Waals surface area (Å²) in [6.07, 6.45) is 5.13. The number of aromatic nitrogens is 2. The summed E-state index contributed by atoms with van der Waals surface area (Å²) in [4.78, 5) is 14.6. The second-order valence-corrected chi connectivity index (χ2v) is 3.95. The van der Waals surface area contributed by atoms with E-state index in [4.69, 9.17) is 10.8 Å². The fraction of sp³-hybridized carbons (Fsp3) is 0.167. The number of nitrogens with two attached hydrogens (primary N) is 1. The molecule has 0 aliphatic carbocycles. The van der Waals surface area contributed by atoms with Crippen LogP contribution in [0, 0.1) is 5.82 Å². The zero-order valence-electron chi connectivity index (χ0n) is 10.0. The number of rotatable bonds is 5. The van der Waals surface area contributed by atoms with Crippen molar-refractivity contribution in [2.75, 3.05) is 17.6 Å². The quantitative estimate of drug-likeness (QED) is 0.710. The Bertz CT molecular complexity index is 584. The maximum absolute atomic E-state index is 13.5. The SMILES string of the molecule is Nc1cc(C(=O)O)c(F)cc1NCCn1ccnc1. The number of nitrogens with zero attached hydrogens (tertiary/aromatic N) is 2. The van der Waals surface area contributed by atoms with Gasteiger partial charge in [0.15, 0.2) is 0 Å².